The number of hydrogen-bond donors (Lipinski definition) is 1. The van der Waals surface area contributed by atoms with Gasteiger partial charge in [0.15, 0.2) is 0 Å². The van der Waals surface area contributed by atoms with Crippen LogP contribution in [0.2, 0.25) is 0 Å². The van der Waals surface area contributed by atoms with Crippen molar-refractivity contribution >= 4 is 0 Å². The Morgan fingerprint density at radius 3 is 2.44 bits per heavy atom. The van der Waals surface area contributed by atoms with Gasteiger partial charge in [-0.2, -0.15) is 13.2 Å². The van der Waals surface area contributed by atoms with E-state index in [0.29, 0.717) is 12.6 Å². The van der Waals surface area contributed by atoms with Crippen LogP contribution in [-0.2, 0) is 0 Å². The molecule has 0 heterocycles. The van der Waals surface area contributed by atoms with Crippen molar-refractivity contribution in [3.05, 3.63) is 0 Å². The molecule has 0 atom stereocenters. The summed E-state index contributed by atoms with van der Waals surface area (Å²) in [6.07, 6.45) is 1.71. The number of nitrogens with one attached hydrogen (secondary N) is 1. The van der Waals surface area contributed by atoms with Crippen LogP contribution in [0.15, 0.2) is 0 Å². The highest BCUT2D eigenvalue weighted by molar-refractivity contribution is 4.73. The van der Waals surface area contributed by atoms with Crippen molar-refractivity contribution in [3.8, 4) is 0 Å². The molecule has 1 rings (SSSR count). The maximum absolute atomic E-state index is 12.0. The van der Waals surface area contributed by atoms with Crippen LogP contribution in [0.25, 0.3) is 0 Å². The van der Waals surface area contributed by atoms with Crippen molar-refractivity contribution < 1.29 is 13.2 Å². The number of halogens is 3. The molecule has 0 aliphatic heterocycles. The summed E-state index contributed by atoms with van der Waals surface area (Å²) >= 11 is 0. The molecule has 0 radical (unpaired) electrons. The average Bonchev–Trinajstić information content (AvgIpc) is 2.62. The highest BCUT2D eigenvalue weighted by Gasteiger charge is 2.28. The molecule has 96 valence electrons. The zero-order valence-electron chi connectivity index (χ0n) is 9.82. The maximum atomic E-state index is 12.0. The molecule has 1 N–H and O–H groups in total. The number of rotatable bonds is 6. The second kappa shape index (κ2) is 6.45. The van der Waals surface area contributed by atoms with Gasteiger partial charge >= 0.3 is 6.18 Å². The van der Waals surface area contributed by atoms with E-state index in [1.807, 2.05) is 0 Å². The Morgan fingerprint density at radius 1 is 1.25 bits per heavy atom. The van der Waals surface area contributed by atoms with Crippen molar-refractivity contribution in [2.24, 2.45) is 0 Å². The molecule has 0 aromatic carbocycles. The topological polar surface area (TPSA) is 15.3 Å². The fourth-order valence-electron chi connectivity index (χ4n) is 2.17. The van der Waals surface area contributed by atoms with E-state index in [2.05, 4.69) is 5.32 Å². The number of alkyl halides is 3. The molecule has 1 aliphatic carbocycles. The van der Waals surface area contributed by atoms with Gasteiger partial charge in [-0.1, -0.05) is 12.8 Å². The fraction of sp³-hybridized carbons (Fsp3) is 1.00. The van der Waals surface area contributed by atoms with Gasteiger partial charge in [-0.15, -0.1) is 0 Å². The van der Waals surface area contributed by atoms with E-state index in [4.69, 9.17) is 0 Å². The summed E-state index contributed by atoms with van der Waals surface area (Å²) in [7, 11) is 1.52. The van der Waals surface area contributed by atoms with E-state index in [9.17, 15) is 13.2 Å². The molecule has 16 heavy (non-hydrogen) atoms. The molecule has 0 spiro atoms. The Balaban J connectivity index is 1.97. The van der Waals surface area contributed by atoms with Crippen LogP contribution < -0.4 is 5.32 Å². The summed E-state index contributed by atoms with van der Waals surface area (Å²) in [6.45, 7) is 0.516. The minimum absolute atomic E-state index is 0.499. The van der Waals surface area contributed by atoms with Gasteiger partial charge in [0.2, 0.25) is 0 Å². The quantitative estimate of drug-likeness (QED) is 0.715. The molecule has 0 saturated heterocycles. The summed E-state index contributed by atoms with van der Waals surface area (Å²) in [4.78, 5) is 1.33. The van der Waals surface area contributed by atoms with Crippen LogP contribution in [0.4, 0.5) is 13.2 Å². The Kier molecular flexibility index (Phi) is 5.55. The fourth-order valence-corrected chi connectivity index (χ4v) is 2.17. The SMILES string of the molecule is CN(CCCNC1CCCC1)CC(F)(F)F. The van der Waals surface area contributed by atoms with Crippen LogP contribution in [0.3, 0.4) is 0 Å². The molecule has 5 heteroatoms. The van der Waals surface area contributed by atoms with Gasteiger partial charge in [0.1, 0.15) is 0 Å². The largest absolute Gasteiger partial charge is 0.401 e. The predicted octanol–water partition coefficient (Wildman–Crippen LogP) is 2.40. The number of hydrogen-bond acceptors (Lipinski definition) is 2. The Bertz CT molecular complexity index is 188. The Hall–Kier alpha value is -0.290. The molecule has 0 aromatic heterocycles. The van der Waals surface area contributed by atoms with E-state index in [1.165, 1.54) is 37.6 Å². The lowest BCUT2D eigenvalue weighted by Crippen LogP contribution is -2.34. The third-order valence-corrected chi connectivity index (χ3v) is 2.95. The van der Waals surface area contributed by atoms with Gasteiger partial charge in [0.05, 0.1) is 6.54 Å². The van der Waals surface area contributed by atoms with Crippen LogP contribution >= 0.6 is 0 Å². The van der Waals surface area contributed by atoms with Gasteiger partial charge in [-0.3, -0.25) is 4.90 Å². The summed E-state index contributed by atoms with van der Waals surface area (Å²) in [5.41, 5.74) is 0. The van der Waals surface area contributed by atoms with E-state index in [-0.39, 0.29) is 0 Å². The molecule has 0 bridgehead atoms. The van der Waals surface area contributed by atoms with E-state index in [1.54, 1.807) is 0 Å². The highest BCUT2D eigenvalue weighted by Crippen LogP contribution is 2.17. The predicted molar refractivity (Wildman–Crippen MR) is 58.4 cm³/mol. The molecule has 1 fully saturated rings. The summed E-state index contributed by atoms with van der Waals surface area (Å²) in [6, 6.07) is 0.605. The molecular weight excluding hydrogens is 217 g/mol. The second-order valence-corrected chi connectivity index (χ2v) is 4.64. The summed E-state index contributed by atoms with van der Waals surface area (Å²) < 4.78 is 36.0. The van der Waals surface area contributed by atoms with Gasteiger partial charge in [0, 0.05) is 6.04 Å². The monoisotopic (exact) mass is 238 g/mol. The van der Waals surface area contributed by atoms with E-state index in [0.717, 1.165) is 13.0 Å². The Labute approximate surface area is 95.2 Å². The van der Waals surface area contributed by atoms with Crippen molar-refractivity contribution in [1.82, 2.24) is 10.2 Å². The van der Waals surface area contributed by atoms with Gasteiger partial charge < -0.3 is 5.32 Å². The molecule has 0 amide bonds. The first kappa shape index (κ1) is 13.8. The van der Waals surface area contributed by atoms with Crippen molar-refractivity contribution in [2.45, 2.75) is 44.3 Å². The van der Waals surface area contributed by atoms with Crippen molar-refractivity contribution in [3.63, 3.8) is 0 Å². The van der Waals surface area contributed by atoms with Gasteiger partial charge in [-0.05, 0) is 39.4 Å². The lowest BCUT2D eigenvalue weighted by Gasteiger charge is -2.19. The molecule has 0 unspecified atom stereocenters. The second-order valence-electron chi connectivity index (χ2n) is 4.64. The highest BCUT2D eigenvalue weighted by atomic mass is 19.4. The molecule has 1 aliphatic rings. The van der Waals surface area contributed by atoms with E-state index >= 15 is 0 Å². The normalized spacial score (nSPS) is 18.6. The van der Waals surface area contributed by atoms with Crippen LogP contribution in [0, 0.1) is 0 Å². The van der Waals surface area contributed by atoms with Gasteiger partial charge in [-0.25, -0.2) is 0 Å². The third kappa shape index (κ3) is 6.33. The Morgan fingerprint density at radius 2 is 1.88 bits per heavy atom. The minimum atomic E-state index is -4.08. The molecule has 2 nitrogen and oxygen atoms in total. The summed E-state index contributed by atoms with van der Waals surface area (Å²) in [5.74, 6) is 0. The van der Waals surface area contributed by atoms with Crippen molar-refractivity contribution in [2.75, 3.05) is 26.7 Å². The summed E-state index contributed by atoms with van der Waals surface area (Å²) in [5, 5.41) is 3.39. The third-order valence-electron chi connectivity index (χ3n) is 2.95. The molecule has 1 saturated carbocycles. The standard InChI is InChI=1S/C11H21F3N2/c1-16(9-11(12,13)14)8-4-7-15-10-5-2-3-6-10/h10,15H,2-9H2,1H3. The zero-order valence-corrected chi connectivity index (χ0v) is 9.82. The van der Waals surface area contributed by atoms with Crippen molar-refractivity contribution in [1.29, 1.82) is 0 Å². The molecule has 0 aromatic rings. The smallest absolute Gasteiger partial charge is 0.314 e. The lowest BCUT2D eigenvalue weighted by atomic mass is 10.2. The van der Waals surface area contributed by atoms with Crippen LogP contribution in [0.1, 0.15) is 32.1 Å². The minimum Gasteiger partial charge on any atom is -0.314 e. The molecular formula is C11H21F3N2. The zero-order chi connectivity index (χ0) is 12.0. The van der Waals surface area contributed by atoms with Crippen LogP contribution in [0.5, 0.6) is 0 Å². The average molecular weight is 238 g/mol. The number of nitrogens with zero attached hydrogens (tertiary/aromatic N) is 1. The first-order valence-corrected chi connectivity index (χ1v) is 5.96. The van der Waals surface area contributed by atoms with E-state index < -0.39 is 12.7 Å². The van der Waals surface area contributed by atoms with Gasteiger partial charge in [0.25, 0.3) is 0 Å². The maximum Gasteiger partial charge on any atom is 0.401 e. The first-order chi connectivity index (χ1) is 7.47. The lowest BCUT2D eigenvalue weighted by molar-refractivity contribution is -0.143. The first-order valence-electron chi connectivity index (χ1n) is 5.96. The van der Waals surface area contributed by atoms with Crippen LogP contribution in [-0.4, -0.2) is 43.8 Å².